The van der Waals surface area contributed by atoms with Crippen molar-refractivity contribution in [2.45, 2.75) is 13.8 Å². The molecule has 1 heterocycles. The number of benzene rings is 1. The van der Waals surface area contributed by atoms with Crippen LogP contribution in [0.15, 0.2) is 24.3 Å². The fourth-order valence-electron chi connectivity index (χ4n) is 2.15. The van der Waals surface area contributed by atoms with Gasteiger partial charge in [-0.3, -0.25) is 9.59 Å². The molecular formula is C16H16N2O4S. The van der Waals surface area contributed by atoms with E-state index in [9.17, 15) is 14.4 Å². The second-order valence-electron chi connectivity index (χ2n) is 4.94. The fraction of sp³-hybridized carbons (Fsp3) is 0.188. The number of nitrogens with one attached hydrogen (secondary N) is 1. The summed E-state index contributed by atoms with van der Waals surface area (Å²) in [5.41, 5.74) is 7.28. The highest BCUT2D eigenvalue weighted by atomic mass is 32.1. The average molecular weight is 332 g/mol. The summed E-state index contributed by atoms with van der Waals surface area (Å²) < 4.78 is 4.68. The van der Waals surface area contributed by atoms with Crippen LogP contribution in [0.5, 0.6) is 0 Å². The Kier molecular flexibility index (Phi) is 4.80. The highest BCUT2D eigenvalue weighted by molar-refractivity contribution is 7.18. The third-order valence-corrected chi connectivity index (χ3v) is 4.46. The van der Waals surface area contributed by atoms with Crippen molar-refractivity contribution >= 4 is 34.1 Å². The van der Waals surface area contributed by atoms with Crippen molar-refractivity contribution in [2.24, 2.45) is 5.73 Å². The molecule has 1 aromatic heterocycles. The zero-order valence-corrected chi connectivity index (χ0v) is 13.7. The van der Waals surface area contributed by atoms with Crippen molar-refractivity contribution in [3.05, 3.63) is 51.4 Å². The van der Waals surface area contributed by atoms with E-state index < -0.39 is 11.9 Å². The summed E-state index contributed by atoms with van der Waals surface area (Å²) in [7, 11) is 1.25. The summed E-state index contributed by atoms with van der Waals surface area (Å²) in [6, 6.07) is 7.02. The molecular weight excluding hydrogens is 316 g/mol. The molecule has 0 saturated heterocycles. The van der Waals surface area contributed by atoms with Crippen LogP contribution in [0.4, 0.5) is 5.00 Å². The Labute approximate surface area is 137 Å². The Morgan fingerprint density at radius 3 is 2.48 bits per heavy atom. The molecule has 23 heavy (non-hydrogen) atoms. The predicted molar refractivity (Wildman–Crippen MR) is 88.0 cm³/mol. The number of hydrogen-bond donors (Lipinski definition) is 2. The van der Waals surface area contributed by atoms with E-state index in [1.807, 2.05) is 13.0 Å². The molecule has 0 aliphatic carbocycles. The number of carbonyl (C=O) groups excluding carboxylic acids is 3. The Bertz CT molecular complexity index is 795. The van der Waals surface area contributed by atoms with Gasteiger partial charge in [-0.15, -0.1) is 11.3 Å². The van der Waals surface area contributed by atoms with E-state index in [4.69, 9.17) is 5.73 Å². The zero-order valence-electron chi connectivity index (χ0n) is 12.9. The maximum absolute atomic E-state index is 12.3. The number of methoxy groups -OCH3 is 1. The van der Waals surface area contributed by atoms with Gasteiger partial charge < -0.3 is 15.8 Å². The number of esters is 1. The van der Waals surface area contributed by atoms with Gasteiger partial charge in [0, 0.05) is 5.56 Å². The van der Waals surface area contributed by atoms with Crippen LogP contribution in [0, 0.1) is 13.8 Å². The van der Waals surface area contributed by atoms with Gasteiger partial charge in [0.15, 0.2) is 0 Å². The zero-order chi connectivity index (χ0) is 17.1. The first-order valence-corrected chi connectivity index (χ1v) is 7.56. The molecule has 2 aromatic rings. The monoisotopic (exact) mass is 332 g/mol. The first-order chi connectivity index (χ1) is 10.8. The highest BCUT2D eigenvalue weighted by Crippen LogP contribution is 2.33. The molecule has 0 saturated carbocycles. The lowest BCUT2D eigenvalue weighted by atomic mass is 10.1. The van der Waals surface area contributed by atoms with Crippen molar-refractivity contribution in [1.29, 1.82) is 0 Å². The summed E-state index contributed by atoms with van der Waals surface area (Å²) in [6.45, 7) is 3.46. The topological polar surface area (TPSA) is 98.5 Å². The molecule has 7 heteroatoms. The van der Waals surface area contributed by atoms with E-state index in [0.717, 1.165) is 16.9 Å². The van der Waals surface area contributed by atoms with E-state index in [2.05, 4.69) is 10.1 Å². The van der Waals surface area contributed by atoms with Crippen LogP contribution in [-0.4, -0.2) is 24.9 Å². The molecule has 3 N–H and O–H groups in total. The number of carbonyl (C=O) groups is 3. The lowest BCUT2D eigenvalue weighted by molar-refractivity contribution is 0.0605. The number of nitrogens with two attached hydrogens (primary N) is 1. The first kappa shape index (κ1) is 16.7. The van der Waals surface area contributed by atoms with Crippen molar-refractivity contribution in [1.82, 2.24) is 0 Å². The van der Waals surface area contributed by atoms with E-state index in [1.165, 1.54) is 7.11 Å². The minimum atomic E-state index is -0.714. The van der Waals surface area contributed by atoms with Crippen molar-refractivity contribution in [3.8, 4) is 0 Å². The number of rotatable bonds is 4. The lowest BCUT2D eigenvalue weighted by Crippen LogP contribution is -2.17. The van der Waals surface area contributed by atoms with Gasteiger partial charge in [0.05, 0.1) is 12.7 Å². The van der Waals surface area contributed by atoms with E-state index in [0.29, 0.717) is 11.1 Å². The molecule has 0 radical (unpaired) electrons. The highest BCUT2D eigenvalue weighted by Gasteiger charge is 2.25. The van der Waals surface area contributed by atoms with Crippen LogP contribution < -0.4 is 11.1 Å². The van der Waals surface area contributed by atoms with Crippen molar-refractivity contribution in [3.63, 3.8) is 0 Å². The van der Waals surface area contributed by atoms with E-state index in [-0.39, 0.29) is 21.3 Å². The molecule has 0 spiro atoms. The Hall–Kier alpha value is -2.67. The molecule has 0 atom stereocenters. The standard InChI is InChI=1S/C16H16N2O4S/c1-8-5-4-6-10(7-8)14(20)18-15-11(13(17)19)9(2)12(23-15)16(21)22-3/h4-7H,1-3H3,(H2,17,19)(H,18,20). The first-order valence-electron chi connectivity index (χ1n) is 6.74. The Morgan fingerprint density at radius 2 is 1.91 bits per heavy atom. The molecule has 6 nitrogen and oxygen atoms in total. The van der Waals surface area contributed by atoms with Crippen LogP contribution in [0.25, 0.3) is 0 Å². The molecule has 0 unspecified atom stereocenters. The smallest absolute Gasteiger partial charge is 0.348 e. The minimum absolute atomic E-state index is 0.122. The fourth-order valence-corrected chi connectivity index (χ4v) is 3.27. The maximum atomic E-state index is 12.3. The summed E-state index contributed by atoms with van der Waals surface area (Å²) >= 11 is 0.967. The summed E-state index contributed by atoms with van der Waals surface area (Å²) in [5, 5.41) is 2.88. The van der Waals surface area contributed by atoms with Gasteiger partial charge in [0.25, 0.3) is 11.8 Å². The third kappa shape index (κ3) is 3.40. The quantitative estimate of drug-likeness (QED) is 0.840. The molecule has 1 aromatic carbocycles. The molecule has 120 valence electrons. The molecule has 2 amide bonds. The number of hydrogen-bond acceptors (Lipinski definition) is 5. The van der Waals surface area contributed by atoms with Crippen molar-refractivity contribution < 1.29 is 19.1 Å². The summed E-state index contributed by atoms with van der Waals surface area (Å²) in [6.07, 6.45) is 0. The maximum Gasteiger partial charge on any atom is 0.348 e. The average Bonchev–Trinajstić information content (AvgIpc) is 2.83. The largest absolute Gasteiger partial charge is 0.465 e. The van der Waals surface area contributed by atoms with Crippen LogP contribution in [0.3, 0.4) is 0 Å². The van der Waals surface area contributed by atoms with Gasteiger partial charge in [-0.25, -0.2) is 4.79 Å². The second-order valence-corrected chi connectivity index (χ2v) is 5.96. The van der Waals surface area contributed by atoms with Crippen LogP contribution >= 0.6 is 11.3 Å². The van der Waals surface area contributed by atoms with E-state index in [1.54, 1.807) is 25.1 Å². The van der Waals surface area contributed by atoms with Gasteiger partial charge in [0.2, 0.25) is 0 Å². The molecule has 0 fully saturated rings. The van der Waals surface area contributed by atoms with E-state index >= 15 is 0 Å². The van der Waals surface area contributed by atoms with Gasteiger partial charge in [-0.05, 0) is 31.5 Å². The number of thiophene rings is 1. The Morgan fingerprint density at radius 1 is 1.22 bits per heavy atom. The summed E-state index contributed by atoms with van der Waals surface area (Å²) in [5.74, 6) is -1.67. The van der Waals surface area contributed by atoms with Crippen LogP contribution in [-0.2, 0) is 4.74 Å². The minimum Gasteiger partial charge on any atom is -0.465 e. The SMILES string of the molecule is COC(=O)c1sc(NC(=O)c2cccc(C)c2)c(C(N)=O)c1C. The van der Waals surface area contributed by atoms with Crippen LogP contribution in [0.1, 0.15) is 41.5 Å². The number of anilines is 1. The predicted octanol–water partition coefficient (Wildman–Crippen LogP) is 2.50. The summed E-state index contributed by atoms with van der Waals surface area (Å²) in [4.78, 5) is 36.0. The molecule has 0 bridgehead atoms. The number of primary amides is 1. The molecule has 0 aliphatic heterocycles. The Balaban J connectivity index is 2.41. The number of ether oxygens (including phenoxy) is 1. The van der Waals surface area contributed by atoms with Crippen molar-refractivity contribution in [2.75, 3.05) is 12.4 Å². The molecule has 2 rings (SSSR count). The van der Waals surface area contributed by atoms with Gasteiger partial charge in [0.1, 0.15) is 9.88 Å². The van der Waals surface area contributed by atoms with Crippen LogP contribution in [0.2, 0.25) is 0 Å². The van der Waals surface area contributed by atoms with Gasteiger partial charge in [-0.2, -0.15) is 0 Å². The number of aryl methyl sites for hydroxylation is 1. The number of amides is 2. The third-order valence-electron chi connectivity index (χ3n) is 3.27. The lowest BCUT2D eigenvalue weighted by Gasteiger charge is -2.05. The van der Waals surface area contributed by atoms with Gasteiger partial charge >= 0.3 is 5.97 Å². The second kappa shape index (κ2) is 6.62. The van der Waals surface area contributed by atoms with Gasteiger partial charge in [-0.1, -0.05) is 17.7 Å². The normalized spacial score (nSPS) is 10.2. The molecule has 0 aliphatic rings.